The maximum Gasteiger partial charge on any atom is 0.260 e. The number of fused-ring (bicyclic) bond motifs is 2. The smallest absolute Gasteiger partial charge is 0.260 e. The molecule has 0 amide bonds. The van der Waals surface area contributed by atoms with Crippen LogP contribution in [0.2, 0.25) is 0 Å². The summed E-state index contributed by atoms with van der Waals surface area (Å²) in [6.07, 6.45) is 2.79. The van der Waals surface area contributed by atoms with E-state index in [4.69, 9.17) is 11.6 Å². The van der Waals surface area contributed by atoms with Gasteiger partial charge in [0.2, 0.25) is 5.69 Å². The van der Waals surface area contributed by atoms with Gasteiger partial charge in [-0.05, 0) is 55.6 Å². The van der Waals surface area contributed by atoms with Crippen LogP contribution in [0, 0.1) is 24.2 Å². The van der Waals surface area contributed by atoms with Gasteiger partial charge >= 0.3 is 0 Å². The van der Waals surface area contributed by atoms with Crippen molar-refractivity contribution in [2.24, 2.45) is 18.9 Å². The number of anilines is 1. The lowest BCUT2D eigenvalue weighted by atomic mass is 9.89. The van der Waals surface area contributed by atoms with Crippen LogP contribution in [-0.2, 0) is 7.05 Å². The summed E-state index contributed by atoms with van der Waals surface area (Å²) in [4.78, 5) is 23.9. The number of hydrogen-bond acceptors (Lipinski definition) is 5. The van der Waals surface area contributed by atoms with E-state index in [2.05, 4.69) is 20.2 Å². The van der Waals surface area contributed by atoms with Gasteiger partial charge in [-0.3, -0.25) is 14.0 Å². The normalized spacial score (nSPS) is 19.6. The molecule has 0 spiro atoms. The number of aryl methyl sites for hydroxylation is 1. The van der Waals surface area contributed by atoms with Crippen LogP contribution in [0.25, 0.3) is 32.8 Å². The molecule has 2 saturated heterocycles. The van der Waals surface area contributed by atoms with E-state index in [1.807, 2.05) is 25.2 Å². The molecular formula is C26H24FN7O. The highest BCUT2D eigenvalue weighted by molar-refractivity contribution is 5.81. The number of rotatable bonds is 3. The molecule has 0 bridgehead atoms. The van der Waals surface area contributed by atoms with Crippen molar-refractivity contribution >= 4 is 22.4 Å². The molecule has 176 valence electrons. The summed E-state index contributed by atoms with van der Waals surface area (Å²) in [6, 6.07) is 11.6. The first kappa shape index (κ1) is 21.5. The Morgan fingerprint density at radius 2 is 2.00 bits per heavy atom. The van der Waals surface area contributed by atoms with Crippen molar-refractivity contribution in [3.05, 3.63) is 76.2 Å². The van der Waals surface area contributed by atoms with E-state index in [1.165, 1.54) is 16.7 Å². The monoisotopic (exact) mass is 469 g/mol. The van der Waals surface area contributed by atoms with E-state index >= 15 is 0 Å². The van der Waals surface area contributed by atoms with Gasteiger partial charge in [-0.15, -0.1) is 0 Å². The summed E-state index contributed by atoms with van der Waals surface area (Å²) >= 11 is 0. The fourth-order valence-electron chi connectivity index (χ4n) is 5.35. The van der Waals surface area contributed by atoms with Gasteiger partial charge in [-0.2, -0.15) is 5.10 Å². The molecule has 2 unspecified atom stereocenters. The topological polar surface area (TPSA) is 72.3 Å². The van der Waals surface area contributed by atoms with Crippen LogP contribution < -0.4 is 15.8 Å². The van der Waals surface area contributed by atoms with E-state index in [1.54, 1.807) is 23.0 Å². The lowest BCUT2D eigenvalue weighted by Gasteiger charge is -2.35. The minimum Gasteiger partial charge on any atom is -0.356 e. The molecule has 0 saturated carbocycles. The van der Waals surface area contributed by atoms with Crippen molar-refractivity contribution in [3.63, 3.8) is 0 Å². The summed E-state index contributed by atoms with van der Waals surface area (Å²) in [5.41, 5.74) is 1.70. The lowest BCUT2D eigenvalue weighted by molar-refractivity contribution is 0.347. The average molecular weight is 470 g/mol. The Kier molecular flexibility index (Phi) is 5.11. The van der Waals surface area contributed by atoms with E-state index in [-0.39, 0.29) is 11.2 Å². The van der Waals surface area contributed by atoms with E-state index in [0.717, 1.165) is 43.5 Å². The number of halogens is 1. The highest BCUT2D eigenvalue weighted by atomic mass is 19.1. The minimum atomic E-state index is -0.635. The Morgan fingerprint density at radius 1 is 1.14 bits per heavy atom. The average Bonchev–Trinajstić information content (AvgIpc) is 3.49. The summed E-state index contributed by atoms with van der Waals surface area (Å²) in [6.45, 7) is 10.8. The second-order valence-corrected chi connectivity index (χ2v) is 9.31. The third kappa shape index (κ3) is 3.67. The first-order chi connectivity index (χ1) is 17.0. The fourth-order valence-corrected chi connectivity index (χ4v) is 5.35. The number of aromatic nitrogens is 4. The Balaban J connectivity index is 1.51. The van der Waals surface area contributed by atoms with Gasteiger partial charge in [0.25, 0.3) is 5.56 Å². The predicted molar refractivity (Wildman–Crippen MR) is 132 cm³/mol. The molecule has 4 aromatic rings. The highest BCUT2D eigenvalue weighted by Crippen LogP contribution is 2.31. The molecule has 2 aromatic carbocycles. The molecule has 6 rings (SSSR count). The Labute approximate surface area is 201 Å². The molecule has 1 N–H and O–H groups in total. The summed E-state index contributed by atoms with van der Waals surface area (Å²) in [5, 5.41) is 8.64. The van der Waals surface area contributed by atoms with Crippen LogP contribution in [0.5, 0.6) is 0 Å². The molecular weight excluding hydrogens is 445 g/mol. The molecule has 9 heteroatoms. The number of nitrogens with one attached hydrogen (secondary N) is 1. The zero-order valence-electron chi connectivity index (χ0n) is 19.3. The van der Waals surface area contributed by atoms with Crippen LogP contribution in [0.4, 0.5) is 15.9 Å². The molecule has 2 fully saturated rings. The van der Waals surface area contributed by atoms with Crippen LogP contribution in [0.1, 0.15) is 6.42 Å². The van der Waals surface area contributed by atoms with Crippen LogP contribution in [0.3, 0.4) is 0 Å². The van der Waals surface area contributed by atoms with Gasteiger partial charge in [0.05, 0.1) is 24.0 Å². The van der Waals surface area contributed by atoms with Crippen molar-refractivity contribution in [1.82, 2.24) is 24.6 Å². The molecule has 2 aliphatic rings. The molecule has 8 nitrogen and oxygen atoms in total. The summed E-state index contributed by atoms with van der Waals surface area (Å²) in [7, 11) is 1.86. The SMILES string of the molecule is [C-]#[N+]c1ccc(-c2nc(N3CCC4CNCC4C3)cc(=O)n2-c2ccc3c(cnn3C)c2)cc1F. The third-order valence-electron chi connectivity index (χ3n) is 7.25. The second-order valence-electron chi connectivity index (χ2n) is 9.31. The van der Waals surface area contributed by atoms with E-state index in [9.17, 15) is 9.18 Å². The van der Waals surface area contributed by atoms with Crippen molar-refractivity contribution in [2.45, 2.75) is 6.42 Å². The zero-order valence-corrected chi connectivity index (χ0v) is 19.3. The van der Waals surface area contributed by atoms with Crippen molar-refractivity contribution in [3.8, 4) is 17.1 Å². The standard InChI is InChI=1S/C26H24FN7O/c1-28-22-5-3-16(10-21(22)27)26-31-24(33-8-7-17-12-29-13-19(17)15-33)11-25(35)34(26)20-4-6-23-18(9-20)14-30-32(23)2/h3-6,9-11,14,17,19,29H,7-8,12-13,15H2,2H3. The third-order valence-corrected chi connectivity index (χ3v) is 7.25. The van der Waals surface area contributed by atoms with Gasteiger partial charge < -0.3 is 10.2 Å². The number of hydrogen-bond donors (Lipinski definition) is 1. The van der Waals surface area contributed by atoms with Crippen LogP contribution in [-0.4, -0.2) is 45.5 Å². The van der Waals surface area contributed by atoms with Crippen molar-refractivity contribution < 1.29 is 4.39 Å². The van der Waals surface area contributed by atoms with Crippen molar-refractivity contribution in [1.29, 1.82) is 0 Å². The molecule has 35 heavy (non-hydrogen) atoms. The largest absolute Gasteiger partial charge is 0.356 e. The van der Waals surface area contributed by atoms with Crippen LogP contribution >= 0.6 is 0 Å². The van der Waals surface area contributed by atoms with Crippen LogP contribution in [0.15, 0.2) is 53.5 Å². The first-order valence-corrected chi connectivity index (χ1v) is 11.7. The Hall–Kier alpha value is -4.03. The van der Waals surface area contributed by atoms with Gasteiger partial charge in [-0.1, -0.05) is 12.1 Å². The first-order valence-electron chi connectivity index (χ1n) is 11.7. The molecule has 4 heterocycles. The van der Waals surface area contributed by atoms with E-state index < -0.39 is 5.82 Å². The van der Waals surface area contributed by atoms with Gasteiger partial charge in [0, 0.05) is 37.2 Å². The second kappa shape index (κ2) is 8.32. The number of benzene rings is 2. The van der Waals surface area contributed by atoms with Gasteiger partial charge in [0.1, 0.15) is 17.5 Å². The Bertz CT molecular complexity index is 1550. The minimum absolute atomic E-state index is 0.0635. The summed E-state index contributed by atoms with van der Waals surface area (Å²) in [5.74, 6) is 1.50. The summed E-state index contributed by atoms with van der Waals surface area (Å²) < 4.78 is 17.9. The maximum absolute atomic E-state index is 14.6. The van der Waals surface area contributed by atoms with Crippen molar-refractivity contribution in [2.75, 3.05) is 31.1 Å². The quantitative estimate of drug-likeness (QED) is 0.465. The Morgan fingerprint density at radius 3 is 2.83 bits per heavy atom. The van der Waals surface area contributed by atoms with E-state index in [0.29, 0.717) is 34.7 Å². The molecule has 2 aliphatic heterocycles. The molecule has 2 aromatic heterocycles. The number of nitrogens with zero attached hydrogens (tertiary/aromatic N) is 6. The lowest BCUT2D eigenvalue weighted by Crippen LogP contribution is -2.41. The molecule has 0 radical (unpaired) electrons. The van der Waals surface area contributed by atoms with Gasteiger partial charge in [0.15, 0.2) is 0 Å². The molecule has 0 aliphatic carbocycles. The fraction of sp³-hybridized carbons (Fsp3) is 0.308. The predicted octanol–water partition coefficient (Wildman–Crippen LogP) is 3.52. The maximum atomic E-state index is 14.6. The van der Waals surface area contributed by atoms with Gasteiger partial charge in [-0.25, -0.2) is 14.2 Å². The zero-order chi connectivity index (χ0) is 24.1. The number of piperidine rings is 1. The molecule has 2 atom stereocenters. The highest BCUT2D eigenvalue weighted by Gasteiger charge is 2.33.